The summed E-state index contributed by atoms with van der Waals surface area (Å²) in [5.41, 5.74) is 0. The lowest BCUT2D eigenvalue weighted by Gasteiger charge is -2.14. The van der Waals surface area contributed by atoms with Crippen LogP contribution in [0.3, 0.4) is 0 Å². The maximum Gasteiger partial charge on any atom is 0.335 e. The largest absolute Gasteiger partial charge is 0.454 e. The van der Waals surface area contributed by atoms with Crippen LogP contribution in [0.5, 0.6) is 0 Å². The highest BCUT2D eigenvalue weighted by molar-refractivity contribution is 5.74. The molecule has 0 spiro atoms. The Kier molecular flexibility index (Phi) is 5.69. The van der Waals surface area contributed by atoms with Crippen LogP contribution in [-0.2, 0) is 25.6 Å². The Balaban J connectivity index is 1.69. The molecule has 118 valence electrons. The molecular formula is C14H22N2O5. The van der Waals surface area contributed by atoms with Gasteiger partial charge in [0.05, 0.1) is 12.7 Å². The normalized spacial score (nSPS) is 19.9. The second-order valence-corrected chi connectivity index (χ2v) is 5.42. The molecule has 1 saturated heterocycles. The van der Waals surface area contributed by atoms with Crippen molar-refractivity contribution >= 4 is 5.97 Å². The zero-order chi connectivity index (χ0) is 15.2. The summed E-state index contributed by atoms with van der Waals surface area (Å²) in [4.78, 5) is 15.9. The van der Waals surface area contributed by atoms with Gasteiger partial charge in [0.25, 0.3) is 5.89 Å². The van der Waals surface area contributed by atoms with Crippen LogP contribution in [0.2, 0.25) is 0 Å². The highest BCUT2D eigenvalue weighted by atomic mass is 16.6. The fraction of sp³-hybridized carbons (Fsp3) is 0.786. The van der Waals surface area contributed by atoms with Gasteiger partial charge in [-0.25, -0.2) is 4.79 Å². The summed E-state index contributed by atoms with van der Waals surface area (Å²) in [7, 11) is 0. The van der Waals surface area contributed by atoms with Gasteiger partial charge in [0.1, 0.15) is 0 Å². The summed E-state index contributed by atoms with van der Waals surface area (Å²) in [5.74, 6) is 0.617. The van der Waals surface area contributed by atoms with E-state index in [1.165, 1.54) is 0 Å². The lowest BCUT2D eigenvalue weighted by molar-refractivity contribution is -0.160. The molecule has 7 nitrogen and oxygen atoms in total. The number of esters is 1. The van der Waals surface area contributed by atoms with Crippen molar-refractivity contribution in [2.24, 2.45) is 0 Å². The van der Waals surface area contributed by atoms with Gasteiger partial charge in [-0.1, -0.05) is 19.0 Å². The molecule has 1 aliphatic rings. The van der Waals surface area contributed by atoms with Crippen LogP contribution in [0, 0.1) is 0 Å². The standard InChI is InChI=1S/C14H22N2O5/c1-9(2)13-15-12(21-16-13)8-20-14(17)10(3)19-7-11-5-4-6-18-11/h9-11H,4-8H2,1-3H3. The summed E-state index contributed by atoms with van der Waals surface area (Å²) in [6.07, 6.45) is 1.47. The van der Waals surface area contributed by atoms with Crippen molar-refractivity contribution in [3.05, 3.63) is 11.7 Å². The van der Waals surface area contributed by atoms with Gasteiger partial charge in [0.15, 0.2) is 18.5 Å². The number of aromatic nitrogens is 2. The molecule has 0 radical (unpaired) electrons. The Bertz CT molecular complexity index is 454. The molecule has 1 aromatic rings. The molecule has 0 aliphatic carbocycles. The summed E-state index contributed by atoms with van der Waals surface area (Å²) in [6, 6.07) is 0. The molecule has 2 heterocycles. The molecule has 1 fully saturated rings. The van der Waals surface area contributed by atoms with E-state index in [1.54, 1.807) is 6.92 Å². The lowest BCUT2D eigenvalue weighted by Crippen LogP contribution is -2.27. The Labute approximate surface area is 123 Å². The summed E-state index contributed by atoms with van der Waals surface area (Å²) >= 11 is 0. The predicted molar refractivity (Wildman–Crippen MR) is 72.6 cm³/mol. The van der Waals surface area contributed by atoms with Gasteiger partial charge in [-0.2, -0.15) is 4.98 Å². The zero-order valence-electron chi connectivity index (χ0n) is 12.7. The van der Waals surface area contributed by atoms with Crippen molar-refractivity contribution in [1.82, 2.24) is 10.1 Å². The van der Waals surface area contributed by atoms with Crippen LogP contribution in [-0.4, -0.2) is 41.5 Å². The van der Waals surface area contributed by atoms with Gasteiger partial charge in [-0.05, 0) is 19.8 Å². The second kappa shape index (κ2) is 7.51. The number of carbonyl (C=O) groups excluding carboxylic acids is 1. The molecule has 7 heteroatoms. The highest BCUT2D eigenvalue weighted by Gasteiger charge is 2.21. The Morgan fingerprint density at radius 2 is 2.24 bits per heavy atom. The van der Waals surface area contributed by atoms with E-state index in [4.69, 9.17) is 18.7 Å². The molecule has 0 bridgehead atoms. The van der Waals surface area contributed by atoms with Gasteiger partial charge >= 0.3 is 5.97 Å². The van der Waals surface area contributed by atoms with E-state index in [9.17, 15) is 4.79 Å². The number of ether oxygens (including phenoxy) is 3. The minimum absolute atomic E-state index is 0.0355. The molecule has 0 saturated carbocycles. The molecular weight excluding hydrogens is 276 g/mol. The van der Waals surface area contributed by atoms with E-state index in [-0.39, 0.29) is 18.6 Å². The van der Waals surface area contributed by atoms with Crippen LogP contribution >= 0.6 is 0 Å². The topological polar surface area (TPSA) is 83.7 Å². The van der Waals surface area contributed by atoms with E-state index >= 15 is 0 Å². The Morgan fingerprint density at radius 1 is 1.43 bits per heavy atom. The van der Waals surface area contributed by atoms with E-state index in [0.717, 1.165) is 19.4 Å². The van der Waals surface area contributed by atoms with Crippen molar-refractivity contribution in [1.29, 1.82) is 0 Å². The quantitative estimate of drug-likeness (QED) is 0.710. The van der Waals surface area contributed by atoms with Crippen LogP contribution in [0.15, 0.2) is 4.52 Å². The molecule has 2 rings (SSSR count). The third kappa shape index (κ3) is 4.78. The van der Waals surface area contributed by atoms with E-state index in [2.05, 4.69) is 10.1 Å². The maximum absolute atomic E-state index is 11.8. The van der Waals surface area contributed by atoms with E-state index in [1.807, 2.05) is 13.8 Å². The molecule has 0 amide bonds. The maximum atomic E-state index is 11.8. The first-order chi connectivity index (χ1) is 10.1. The van der Waals surface area contributed by atoms with Crippen LogP contribution < -0.4 is 0 Å². The van der Waals surface area contributed by atoms with E-state index < -0.39 is 12.1 Å². The fourth-order valence-electron chi connectivity index (χ4n) is 1.91. The van der Waals surface area contributed by atoms with Crippen LogP contribution in [0.1, 0.15) is 51.2 Å². The van der Waals surface area contributed by atoms with Crippen molar-refractivity contribution in [2.75, 3.05) is 13.2 Å². The fourth-order valence-corrected chi connectivity index (χ4v) is 1.91. The third-order valence-electron chi connectivity index (χ3n) is 3.23. The molecule has 0 aromatic carbocycles. The molecule has 2 unspecified atom stereocenters. The van der Waals surface area contributed by atoms with Crippen molar-refractivity contribution in [3.8, 4) is 0 Å². The molecule has 1 aliphatic heterocycles. The number of hydrogen-bond acceptors (Lipinski definition) is 7. The first-order valence-corrected chi connectivity index (χ1v) is 7.28. The summed E-state index contributed by atoms with van der Waals surface area (Å²) in [5, 5.41) is 3.80. The van der Waals surface area contributed by atoms with Crippen LogP contribution in [0.25, 0.3) is 0 Å². The minimum Gasteiger partial charge on any atom is -0.454 e. The molecule has 21 heavy (non-hydrogen) atoms. The van der Waals surface area contributed by atoms with Gasteiger partial charge in [-0.15, -0.1) is 0 Å². The SMILES string of the molecule is CC(OCC1CCCO1)C(=O)OCc1nc(C(C)C)no1. The van der Waals surface area contributed by atoms with Crippen molar-refractivity contribution < 1.29 is 23.5 Å². The first kappa shape index (κ1) is 15.9. The number of rotatable bonds is 7. The van der Waals surface area contributed by atoms with Crippen LogP contribution in [0.4, 0.5) is 0 Å². The second-order valence-electron chi connectivity index (χ2n) is 5.42. The highest BCUT2D eigenvalue weighted by Crippen LogP contribution is 2.13. The smallest absolute Gasteiger partial charge is 0.335 e. The predicted octanol–water partition coefficient (Wildman–Crippen LogP) is 1.82. The van der Waals surface area contributed by atoms with E-state index in [0.29, 0.717) is 18.3 Å². The first-order valence-electron chi connectivity index (χ1n) is 7.28. The monoisotopic (exact) mass is 298 g/mol. The van der Waals surface area contributed by atoms with Gasteiger partial charge in [0.2, 0.25) is 0 Å². The van der Waals surface area contributed by atoms with Crippen molar-refractivity contribution in [2.45, 2.75) is 58.3 Å². The number of hydrogen-bond donors (Lipinski definition) is 0. The molecule has 2 atom stereocenters. The minimum atomic E-state index is -0.637. The number of carbonyl (C=O) groups is 1. The Morgan fingerprint density at radius 3 is 2.86 bits per heavy atom. The van der Waals surface area contributed by atoms with Crippen molar-refractivity contribution in [3.63, 3.8) is 0 Å². The average molecular weight is 298 g/mol. The lowest BCUT2D eigenvalue weighted by atomic mass is 10.2. The molecule has 0 N–H and O–H groups in total. The zero-order valence-corrected chi connectivity index (χ0v) is 12.7. The van der Waals surface area contributed by atoms with Gasteiger partial charge < -0.3 is 18.7 Å². The average Bonchev–Trinajstić information content (AvgIpc) is 3.13. The van der Waals surface area contributed by atoms with Gasteiger partial charge in [0, 0.05) is 12.5 Å². The summed E-state index contributed by atoms with van der Waals surface area (Å²) < 4.78 is 21.0. The Hall–Kier alpha value is -1.47. The van der Waals surface area contributed by atoms with Gasteiger partial charge in [-0.3, -0.25) is 0 Å². The molecule has 1 aromatic heterocycles. The number of nitrogens with zero attached hydrogens (tertiary/aromatic N) is 2. The third-order valence-corrected chi connectivity index (χ3v) is 3.23. The summed E-state index contributed by atoms with van der Waals surface area (Å²) in [6.45, 7) is 6.72.